The topological polar surface area (TPSA) is 38.7 Å². The summed E-state index contributed by atoms with van der Waals surface area (Å²) in [5, 5.41) is 9.29. The fourth-order valence-electron chi connectivity index (χ4n) is 2.06. The molecule has 0 aromatic heterocycles. The second-order valence-corrected chi connectivity index (χ2v) is 5.17. The van der Waals surface area contributed by atoms with Crippen LogP contribution in [0.4, 0.5) is 0 Å². The monoisotopic (exact) mass is 286 g/mol. The van der Waals surface area contributed by atoms with Crippen LogP contribution in [-0.2, 0) is 13.0 Å². The standard InChI is InChI=1S/C18H22O3/c1-14(19)6-7-15-8-10-17(11-9-15)21-13-16-4-3-5-18(12-16)20-2/h3-5,8-12,14,19H,6-7,13H2,1-2H3. The van der Waals surface area contributed by atoms with E-state index in [0.717, 1.165) is 29.9 Å². The summed E-state index contributed by atoms with van der Waals surface area (Å²) in [4.78, 5) is 0. The van der Waals surface area contributed by atoms with Crippen molar-refractivity contribution >= 4 is 0 Å². The summed E-state index contributed by atoms with van der Waals surface area (Å²) in [6.07, 6.45) is 1.41. The van der Waals surface area contributed by atoms with Crippen LogP contribution in [-0.4, -0.2) is 18.3 Å². The number of aryl methyl sites for hydroxylation is 1. The van der Waals surface area contributed by atoms with Crippen molar-refractivity contribution in [1.82, 2.24) is 0 Å². The lowest BCUT2D eigenvalue weighted by atomic mass is 10.1. The quantitative estimate of drug-likeness (QED) is 0.845. The first-order valence-corrected chi connectivity index (χ1v) is 7.20. The zero-order valence-electron chi connectivity index (χ0n) is 12.6. The summed E-state index contributed by atoms with van der Waals surface area (Å²) >= 11 is 0. The third-order valence-corrected chi connectivity index (χ3v) is 3.31. The van der Waals surface area contributed by atoms with Crippen LogP contribution in [0.25, 0.3) is 0 Å². The molecule has 112 valence electrons. The van der Waals surface area contributed by atoms with Crippen LogP contribution in [0.2, 0.25) is 0 Å². The van der Waals surface area contributed by atoms with Gasteiger partial charge < -0.3 is 14.6 Å². The molecule has 1 N–H and O–H groups in total. The summed E-state index contributed by atoms with van der Waals surface area (Å²) < 4.78 is 11.0. The summed E-state index contributed by atoms with van der Waals surface area (Å²) in [7, 11) is 1.66. The molecule has 0 aliphatic heterocycles. The first kappa shape index (κ1) is 15.4. The van der Waals surface area contributed by atoms with E-state index in [9.17, 15) is 5.11 Å². The normalized spacial score (nSPS) is 12.0. The molecule has 0 heterocycles. The Kier molecular flexibility index (Phi) is 5.64. The van der Waals surface area contributed by atoms with Gasteiger partial charge in [-0.15, -0.1) is 0 Å². The molecule has 0 radical (unpaired) electrons. The molecule has 0 saturated heterocycles. The van der Waals surface area contributed by atoms with Crippen molar-refractivity contribution in [2.45, 2.75) is 32.5 Å². The van der Waals surface area contributed by atoms with E-state index in [-0.39, 0.29) is 6.10 Å². The molecule has 2 aromatic carbocycles. The average molecular weight is 286 g/mol. The molecule has 0 aliphatic rings. The number of benzene rings is 2. The smallest absolute Gasteiger partial charge is 0.119 e. The van der Waals surface area contributed by atoms with Gasteiger partial charge in [-0.05, 0) is 55.2 Å². The molecule has 0 amide bonds. The number of hydrogen-bond donors (Lipinski definition) is 1. The maximum absolute atomic E-state index is 9.29. The third-order valence-electron chi connectivity index (χ3n) is 3.31. The molecule has 1 unspecified atom stereocenters. The van der Waals surface area contributed by atoms with Crippen molar-refractivity contribution in [3.05, 3.63) is 59.7 Å². The van der Waals surface area contributed by atoms with Crippen LogP contribution < -0.4 is 9.47 Å². The molecule has 3 heteroatoms. The minimum Gasteiger partial charge on any atom is -0.497 e. The number of rotatable bonds is 7. The van der Waals surface area contributed by atoms with Crippen LogP contribution in [0, 0.1) is 0 Å². The second kappa shape index (κ2) is 7.70. The van der Waals surface area contributed by atoms with E-state index in [1.165, 1.54) is 5.56 Å². The Labute approximate surface area is 126 Å². The van der Waals surface area contributed by atoms with Gasteiger partial charge >= 0.3 is 0 Å². The van der Waals surface area contributed by atoms with Gasteiger partial charge in [0.15, 0.2) is 0 Å². The lowest BCUT2D eigenvalue weighted by Gasteiger charge is -2.09. The number of aliphatic hydroxyl groups excluding tert-OH is 1. The zero-order chi connectivity index (χ0) is 15.1. The van der Waals surface area contributed by atoms with Gasteiger partial charge in [0.1, 0.15) is 18.1 Å². The van der Waals surface area contributed by atoms with Crippen molar-refractivity contribution < 1.29 is 14.6 Å². The highest BCUT2D eigenvalue weighted by Crippen LogP contribution is 2.17. The lowest BCUT2D eigenvalue weighted by molar-refractivity contribution is 0.185. The SMILES string of the molecule is COc1cccc(COc2ccc(CCC(C)O)cc2)c1. The molecular formula is C18H22O3. The molecule has 21 heavy (non-hydrogen) atoms. The van der Waals surface area contributed by atoms with Crippen LogP contribution in [0.3, 0.4) is 0 Å². The highest BCUT2D eigenvalue weighted by molar-refractivity contribution is 5.30. The third kappa shape index (κ3) is 5.12. The van der Waals surface area contributed by atoms with E-state index in [1.807, 2.05) is 55.5 Å². The maximum Gasteiger partial charge on any atom is 0.119 e. The summed E-state index contributed by atoms with van der Waals surface area (Å²) in [6.45, 7) is 2.33. The van der Waals surface area contributed by atoms with Crippen molar-refractivity contribution in [3.63, 3.8) is 0 Å². The fourth-order valence-corrected chi connectivity index (χ4v) is 2.06. The summed E-state index contributed by atoms with van der Waals surface area (Å²) in [6, 6.07) is 15.9. The van der Waals surface area contributed by atoms with Crippen molar-refractivity contribution in [2.75, 3.05) is 7.11 Å². The molecule has 0 aliphatic carbocycles. The first-order valence-electron chi connectivity index (χ1n) is 7.20. The van der Waals surface area contributed by atoms with Gasteiger partial charge in [-0.3, -0.25) is 0 Å². The van der Waals surface area contributed by atoms with Gasteiger partial charge in [-0.25, -0.2) is 0 Å². The van der Waals surface area contributed by atoms with Crippen LogP contribution in [0.15, 0.2) is 48.5 Å². The molecule has 3 nitrogen and oxygen atoms in total. The minimum atomic E-state index is -0.256. The highest BCUT2D eigenvalue weighted by atomic mass is 16.5. The molecule has 0 saturated carbocycles. The van der Waals surface area contributed by atoms with Crippen molar-refractivity contribution in [2.24, 2.45) is 0 Å². The largest absolute Gasteiger partial charge is 0.497 e. The predicted molar refractivity (Wildman–Crippen MR) is 83.8 cm³/mol. The second-order valence-electron chi connectivity index (χ2n) is 5.17. The Morgan fingerprint density at radius 3 is 2.43 bits per heavy atom. The van der Waals surface area contributed by atoms with E-state index >= 15 is 0 Å². The Bertz CT molecular complexity index is 547. The van der Waals surface area contributed by atoms with Crippen molar-refractivity contribution in [1.29, 1.82) is 0 Å². The van der Waals surface area contributed by atoms with E-state index in [0.29, 0.717) is 6.61 Å². The van der Waals surface area contributed by atoms with E-state index in [1.54, 1.807) is 7.11 Å². The average Bonchev–Trinajstić information content (AvgIpc) is 2.52. The van der Waals surface area contributed by atoms with Gasteiger partial charge in [0.25, 0.3) is 0 Å². The highest BCUT2D eigenvalue weighted by Gasteiger charge is 2.01. The molecular weight excluding hydrogens is 264 g/mol. The minimum absolute atomic E-state index is 0.256. The summed E-state index contributed by atoms with van der Waals surface area (Å²) in [5.74, 6) is 1.68. The first-order chi connectivity index (χ1) is 10.2. The van der Waals surface area contributed by atoms with Gasteiger partial charge in [-0.1, -0.05) is 24.3 Å². The number of hydrogen-bond acceptors (Lipinski definition) is 3. The molecule has 0 bridgehead atoms. The van der Waals surface area contributed by atoms with E-state index in [4.69, 9.17) is 9.47 Å². The van der Waals surface area contributed by atoms with Crippen molar-refractivity contribution in [3.8, 4) is 11.5 Å². The Morgan fingerprint density at radius 1 is 1.00 bits per heavy atom. The van der Waals surface area contributed by atoms with Gasteiger partial charge in [0, 0.05) is 0 Å². The Balaban J connectivity index is 1.88. The molecule has 2 aromatic rings. The van der Waals surface area contributed by atoms with Crippen LogP contribution >= 0.6 is 0 Å². The Hall–Kier alpha value is -2.00. The van der Waals surface area contributed by atoms with Gasteiger partial charge in [0.2, 0.25) is 0 Å². The van der Waals surface area contributed by atoms with E-state index < -0.39 is 0 Å². The predicted octanol–water partition coefficient (Wildman–Crippen LogP) is 3.59. The number of methoxy groups -OCH3 is 1. The van der Waals surface area contributed by atoms with Gasteiger partial charge in [-0.2, -0.15) is 0 Å². The fraction of sp³-hybridized carbons (Fsp3) is 0.333. The number of ether oxygens (including phenoxy) is 2. The van der Waals surface area contributed by atoms with Crippen LogP contribution in [0.1, 0.15) is 24.5 Å². The molecule has 0 fully saturated rings. The lowest BCUT2D eigenvalue weighted by Crippen LogP contribution is -2.01. The van der Waals surface area contributed by atoms with Gasteiger partial charge in [0.05, 0.1) is 13.2 Å². The number of aliphatic hydroxyl groups is 1. The zero-order valence-corrected chi connectivity index (χ0v) is 12.6. The molecule has 2 rings (SSSR count). The van der Waals surface area contributed by atoms with Crippen LogP contribution in [0.5, 0.6) is 11.5 Å². The maximum atomic E-state index is 9.29. The molecule has 1 atom stereocenters. The Morgan fingerprint density at radius 2 is 1.76 bits per heavy atom. The summed E-state index contributed by atoms with van der Waals surface area (Å²) in [5.41, 5.74) is 2.29. The molecule has 0 spiro atoms. The van der Waals surface area contributed by atoms with E-state index in [2.05, 4.69) is 0 Å².